The Bertz CT molecular complexity index is 356. The van der Waals surface area contributed by atoms with E-state index in [9.17, 15) is 0 Å². The van der Waals surface area contributed by atoms with Gasteiger partial charge in [-0.05, 0) is 47.9 Å². The van der Waals surface area contributed by atoms with Crippen LogP contribution in [-0.4, -0.2) is 36.1 Å². The van der Waals surface area contributed by atoms with Crippen LogP contribution in [0.2, 0.25) is 0 Å². The Labute approximate surface area is 105 Å². The summed E-state index contributed by atoms with van der Waals surface area (Å²) in [6, 6.07) is 2.64. The number of piperidine rings is 1. The fourth-order valence-corrected chi connectivity index (χ4v) is 2.64. The van der Waals surface area contributed by atoms with Crippen molar-refractivity contribution < 1.29 is 0 Å². The third-order valence-corrected chi connectivity index (χ3v) is 3.60. The van der Waals surface area contributed by atoms with E-state index in [1.807, 2.05) is 12.4 Å². The van der Waals surface area contributed by atoms with Crippen molar-refractivity contribution in [2.45, 2.75) is 19.4 Å². The highest BCUT2D eigenvalue weighted by Gasteiger charge is 2.23. The lowest BCUT2D eigenvalue weighted by atomic mass is 9.94. The van der Waals surface area contributed by atoms with Gasteiger partial charge in [-0.15, -0.1) is 0 Å². The Hall–Kier alpha value is -0.610. The van der Waals surface area contributed by atoms with Crippen LogP contribution in [0.4, 0.5) is 5.69 Å². The molecule has 0 bridgehead atoms. The molecule has 0 aliphatic carbocycles. The first-order chi connectivity index (χ1) is 7.65. The number of nitrogens with one attached hydrogen (secondary N) is 1. The number of hydrogen-bond donors (Lipinski definition) is 1. The maximum absolute atomic E-state index is 4.17. The third kappa shape index (κ3) is 2.95. The second-order valence-electron chi connectivity index (χ2n) is 4.67. The molecule has 1 aliphatic rings. The highest BCUT2D eigenvalue weighted by atomic mass is 79.9. The molecule has 1 aliphatic heterocycles. The molecular formula is C12H18BrN3. The van der Waals surface area contributed by atoms with E-state index in [0.29, 0.717) is 12.0 Å². The molecule has 16 heavy (non-hydrogen) atoms. The van der Waals surface area contributed by atoms with Crippen molar-refractivity contribution in [3.05, 3.63) is 22.9 Å². The van der Waals surface area contributed by atoms with Crippen LogP contribution in [0.15, 0.2) is 22.9 Å². The SMILES string of the molecule is CC1CN(C)CCC1Nc1cncc(Br)c1. The molecule has 0 saturated carbocycles. The lowest BCUT2D eigenvalue weighted by Gasteiger charge is -2.35. The van der Waals surface area contributed by atoms with Crippen LogP contribution in [0.25, 0.3) is 0 Å². The number of aromatic nitrogens is 1. The standard InChI is InChI=1S/C12H18BrN3/c1-9-8-16(2)4-3-12(9)15-11-5-10(13)6-14-7-11/h5-7,9,12,15H,3-4,8H2,1-2H3. The Morgan fingerprint density at radius 3 is 3.00 bits per heavy atom. The molecule has 1 aromatic heterocycles. The molecule has 0 aromatic carbocycles. The van der Waals surface area contributed by atoms with E-state index in [4.69, 9.17) is 0 Å². The summed E-state index contributed by atoms with van der Waals surface area (Å²) in [5, 5.41) is 3.57. The monoisotopic (exact) mass is 283 g/mol. The van der Waals surface area contributed by atoms with Gasteiger partial charge in [0.1, 0.15) is 0 Å². The number of pyridine rings is 1. The van der Waals surface area contributed by atoms with Gasteiger partial charge in [-0.25, -0.2) is 0 Å². The molecule has 0 amide bonds. The summed E-state index contributed by atoms with van der Waals surface area (Å²) in [5.41, 5.74) is 1.11. The molecule has 1 N–H and O–H groups in total. The normalized spacial score (nSPS) is 26.7. The van der Waals surface area contributed by atoms with E-state index in [-0.39, 0.29) is 0 Å². The minimum absolute atomic E-state index is 0.562. The van der Waals surface area contributed by atoms with Crippen molar-refractivity contribution in [1.29, 1.82) is 0 Å². The molecule has 0 radical (unpaired) electrons. The zero-order chi connectivity index (χ0) is 11.5. The lowest BCUT2D eigenvalue weighted by molar-refractivity contribution is 0.206. The van der Waals surface area contributed by atoms with Gasteiger partial charge in [0.05, 0.1) is 11.9 Å². The first-order valence-electron chi connectivity index (χ1n) is 5.71. The number of hydrogen-bond acceptors (Lipinski definition) is 3. The second kappa shape index (κ2) is 5.15. The van der Waals surface area contributed by atoms with Gasteiger partial charge in [0.15, 0.2) is 0 Å². The summed E-state index contributed by atoms with van der Waals surface area (Å²) in [6.45, 7) is 4.64. The number of anilines is 1. The summed E-state index contributed by atoms with van der Waals surface area (Å²) in [5.74, 6) is 0.678. The van der Waals surface area contributed by atoms with Crippen LogP contribution in [0.3, 0.4) is 0 Å². The molecular weight excluding hydrogens is 266 g/mol. The predicted octanol–water partition coefficient (Wildman–Crippen LogP) is 2.60. The second-order valence-corrected chi connectivity index (χ2v) is 5.59. The Balaban J connectivity index is 1.99. The lowest BCUT2D eigenvalue weighted by Crippen LogP contribution is -2.43. The van der Waals surface area contributed by atoms with Gasteiger partial charge in [0.2, 0.25) is 0 Å². The molecule has 2 unspecified atom stereocenters. The van der Waals surface area contributed by atoms with E-state index in [1.165, 1.54) is 19.5 Å². The van der Waals surface area contributed by atoms with Crippen molar-refractivity contribution >= 4 is 21.6 Å². The largest absolute Gasteiger partial charge is 0.381 e. The average molecular weight is 284 g/mol. The molecule has 4 heteroatoms. The number of rotatable bonds is 2. The van der Waals surface area contributed by atoms with Gasteiger partial charge in [-0.3, -0.25) is 4.98 Å². The van der Waals surface area contributed by atoms with Crippen molar-refractivity contribution in [1.82, 2.24) is 9.88 Å². The molecule has 2 rings (SSSR count). The zero-order valence-corrected chi connectivity index (χ0v) is 11.4. The fourth-order valence-electron chi connectivity index (χ4n) is 2.27. The first kappa shape index (κ1) is 11.9. The zero-order valence-electron chi connectivity index (χ0n) is 9.78. The summed E-state index contributed by atoms with van der Waals surface area (Å²) in [4.78, 5) is 6.56. The molecule has 3 nitrogen and oxygen atoms in total. The minimum atomic E-state index is 0.562. The van der Waals surface area contributed by atoms with Gasteiger partial charge < -0.3 is 10.2 Å². The summed E-state index contributed by atoms with van der Waals surface area (Å²) >= 11 is 3.44. The Kier molecular flexibility index (Phi) is 3.82. The van der Waals surface area contributed by atoms with E-state index >= 15 is 0 Å². The van der Waals surface area contributed by atoms with Crippen molar-refractivity contribution in [3.8, 4) is 0 Å². The van der Waals surface area contributed by atoms with Gasteiger partial charge in [0.25, 0.3) is 0 Å². The minimum Gasteiger partial charge on any atom is -0.381 e. The predicted molar refractivity (Wildman–Crippen MR) is 70.6 cm³/mol. The molecule has 88 valence electrons. The van der Waals surface area contributed by atoms with Gasteiger partial charge in [-0.1, -0.05) is 6.92 Å². The maximum Gasteiger partial charge on any atom is 0.0540 e. The number of halogens is 1. The Morgan fingerprint density at radius 1 is 1.50 bits per heavy atom. The smallest absolute Gasteiger partial charge is 0.0540 e. The van der Waals surface area contributed by atoms with Gasteiger partial charge in [0, 0.05) is 23.3 Å². The highest BCUT2D eigenvalue weighted by molar-refractivity contribution is 9.10. The topological polar surface area (TPSA) is 28.2 Å². The van der Waals surface area contributed by atoms with Gasteiger partial charge >= 0.3 is 0 Å². The van der Waals surface area contributed by atoms with Crippen LogP contribution in [0, 0.1) is 5.92 Å². The number of likely N-dealkylation sites (tertiary alicyclic amines) is 1. The highest BCUT2D eigenvalue weighted by Crippen LogP contribution is 2.21. The number of nitrogens with zero attached hydrogens (tertiary/aromatic N) is 2. The molecule has 2 atom stereocenters. The van der Waals surface area contributed by atoms with Crippen molar-refractivity contribution in [3.63, 3.8) is 0 Å². The summed E-state index contributed by atoms with van der Waals surface area (Å²) in [6.07, 6.45) is 4.89. The molecule has 1 fully saturated rings. The van der Waals surface area contributed by atoms with Crippen LogP contribution >= 0.6 is 15.9 Å². The van der Waals surface area contributed by atoms with Crippen LogP contribution in [-0.2, 0) is 0 Å². The van der Waals surface area contributed by atoms with E-state index in [2.05, 4.69) is 51.2 Å². The van der Waals surface area contributed by atoms with Crippen LogP contribution < -0.4 is 5.32 Å². The van der Waals surface area contributed by atoms with Crippen LogP contribution in [0.5, 0.6) is 0 Å². The van der Waals surface area contributed by atoms with Crippen molar-refractivity contribution in [2.75, 3.05) is 25.5 Å². The molecule has 1 aromatic rings. The average Bonchev–Trinajstić information content (AvgIpc) is 2.22. The van der Waals surface area contributed by atoms with E-state index in [1.54, 1.807) is 0 Å². The van der Waals surface area contributed by atoms with Crippen LogP contribution in [0.1, 0.15) is 13.3 Å². The van der Waals surface area contributed by atoms with Gasteiger partial charge in [-0.2, -0.15) is 0 Å². The molecule has 0 spiro atoms. The summed E-state index contributed by atoms with van der Waals surface area (Å²) in [7, 11) is 2.19. The summed E-state index contributed by atoms with van der Waals surface area (Å²) < 4.78 is 1.03. The molecule has 1 saturated heterocycles. The van der Waals surface area contributed by atoms with Crippen molar-refractivity contribution in [2.24, 2.45) is 5.92 Å². The van der Waals surface area contributed by atoms with E-state index < -0.39 is 0 Å². The third-order valence-electron chi connectivity index (χ3n) is 3.17. The quantitative estimate of drug-likeness (QED) is 0.904. The fraction of sp³-hybridized carbons (Fsp3) is 0.583. The maximum atomic E-state index is 4.17. The first-order valence-corrected chi connectivity index (χ1v) is 6.50. The molecule has 2 heterocycles. The van der Waals surface area contributed by atoms with E-state index in [0.717, 1.165) is 10.2 Å². The Morgan fingerprint density at radius 2 is 2.31 bits per heavy atom.